The predicted molar refractivity (Wildman–Crippen MR) is 140 cm³/mol. The summed E-state index contributed by atoms with van der Waals surface area (Å²) in [7, 11) is -1.64. The number of hydrogen-bond acceptors (Lipinski definition) is 4. The van der Waals surface area contributed by atoms with Gasteiger partial charge in [0.15, 0.2) is 5.96 Å². The highest BCUT2D eigenvalue weighted by atomic mass is 127. The lowest BCUT2D eigenvalue weighted by molar-refractivity contribution is 0.0907. The van der Waals surface area contributed by atoms with Crippen LogP contribution in [0.2, 0.25) is 0 Å². The van der Waals surface area contributed by atoms with Crippen LogP contribution in [0.4, 0.5) is 0 Å². The number of benzene rings is 2. The Morgan fingerprint density at radius 2 is 1.75 bits per heavy atom. The molecule has 0 amide bonds. The molecule has 1 unspecified atom stereocenters. The topological polar surface area (TPSA) is 83.0 Å². The van der Waals surface area contributed by atoms with Crippen LogP contribution < -0.4 is 10.0 Å². The highest BCUT2D eigenvalue weighted by molar-refractivity contribution is 14.0. The molecule has 1 saturated heterocycles. The molecule has 0 radical (unpaired) electrons. The molecule has 2 aromatic rings. The van der Waals surface area contributed by atoms with Crippen molar-refractivity contribution in [1.29, 1.82) is 0 Å². The highest BCUT2D eigenvalue weighted by Crippen LogP contribution is 2.17. The number of rotatable bonds is 10. The largest absolute Gasteiger partial charge is 0.376 e. The third-order valence-electron chi connectivity index (χ3n) is 5.26. The van der Waals surface area contributed by atoms with E-state index in [1.807, 2.05) is 48.5 Å². The van der Waals surface area contributed by atoms with E-state index in [0.29, 0.717) is 32.2 Å². The van der Waals surface area contributed by atoms with Gasteiger partial charge in [-0.2, -0.15) is 0 Å². The van der Waals surface area contributed by atoms with Crippen molar-refractivity contribution in [1.82, 2.24) is 14.9 Å². The van der Waals surface area contributed by atoms with Crippen LogP contribution in [0.15, 0.2) is 65.7 Å². The van der Waals surface area contributed by atoms with E-state index in [2.05, 4.69) is 32.1 Å². The Morgan fingerprint density at radius 1 is 1.09 bits per heavy atom. The summed E-state index contributed by atoms with van der Waals surface area (Å²) >= 11 is 0. The molecule has 1 aliphatic heterocycles. The molecule has 1 heterocycles. The second kappa shape index (κ2) is 13.8. The van der Waals surface area contributed by atoms with Gasteiger partial charge in [0.2, 0.25) is 10.0 Å². The fourth-order valence-corrected chi connectivity index (χ4v) is 4.47. The summed E-state index contributed by atoms with van der Waals surface area (Å²) < 4.78 is 33.0. The van der Waals surface area contributed by atoms with E-state index in [9.17, 15) is 8.42 Å². The molecular formula is C23H33IN4O3S. The SMILES string of the molecule is CN=C(NCCS(=O)(=O)NCc1ccccc1)N1CCC(COCc2ccccc2)C1.I. The zero-order chi connectivity index (χ0) is 21.9. The summed E-state index contributed by atoms with van der Waals surface area (Å²) in [6.45, 7) is 3.68. The van der Waals surface area contributed by atoms with Gasteiger partial charge in [-0.25, -0.2) is 13.1 Å². The number of likely N-dealkylation sites (tertiary alicyclic amines) is 1. The van der Waals surface area contributed by atoms with Crippen LogP contribution in [-0.4, -0.2) is 58.3 Å². The van der Waals surface area contributed by atoms with Crippen LogP contribution in [-0.2, 0) is 27.9 Å². The lowest BCUT2D eigenvalue weighted by Crippen LogP contribution is -2.43. The van der Waals surface area contributed by atoms with E-state index in [-0.39, 0.29) is 29.7 Å². The maximum Gasteiger partial charge on any atom is 0.213 e. The van der Waals surface area contributed by atoms with Crippen LogP contribution in [0, 0.1) is 5.92 Å². The Labute approximate surface area is 208 Å². The minimum Gasteiger partial charge on any atom is -0.376 e. The van der Waals surface area contributed by atoms with Crippen molar-refractivity contribution >= 4 is 40.0 Å². The number of sulfonamides is 1. The first kappa shape index (κ1) is 26.6. The van der Waals surface area contributed by atoms with Crippen LogP contribution >= 0.6 is 24.0 Å². The number of hydrogen-bond donors (Lipinski definition) is 2. The number of ether oxygens (including phenoxy) is 1. The summed E-state index contributed by atoms with van der Waals surface area (Å²) in [5.41, 5.74) is 2.12. The monoisotopic (exact) mass is 572 g/mol. The number of guanidine groups is 1. The van der Waals surface area contributed by atoms with Gasteiger partial charge in [-0.1, -0.05) is 60.7 Å². The Morgan fingerprint density at radius 3 is 2.41 bits per heavy atom. The molecule has 0 aliphatic carbocycles. The highest BCUT2D eigenvalue weighted by Gasteiger charge is 2.25. The lowest BCUT2D eigenvalue weighted by atomic mass is 10.1. The number of aliphatic imine (C=N–C) groups is 1. The van der Waals surface area contributed by atoms with Gasteiger partial charge in [0.25, 0.3) is 0 Å². The van der Waals surface area contributed by atoms with Gasteiger partial charge >= 0.3 is 0 Å². The van der Waals surface area contributed by atoms with Crippen LogP contribution in [0.5, 0.6) is 0 Å². The van der Waals surface area contributed by atoms with Crippen molar-refractivity contribution in [3.8, 4) is 0 Å². The Balaban J connectivity index is 0.00000363. The van der Waals surface area contributed by atoms with Gasteiger partial charge in [0.05, 0.1) is 19.0 Å². The summed E-state index contributed by atoms with van der Waals surface area (Å²) in [6, 6.07) is 19.7. The predicted octanol–water partition coefficient (Wildman–Crippen LogP) is 2.84. The molecule has 1 aliphatic rings. The third kappa shape index (κ3) is 9.05. The Bertz CT molecular complexity index is 927. The van der Waals surface area contributed by atoms with Gasteiger partial charge in [-0.05, 0) is 17.5 Å². The van der Waals surface area contributed by atoms with E-state index in [0.717, 1.165) is 31.0 Å². The standard InChI is InChI=1S/C23H32N4O3S.HI/c1-24-23(25-13-15-31(28,29)26-16-20-8-4-2-5-9-20)27-14-12-22(17-27)19-30-18-21-10-6-3-7-11-21;/h2-11,22,26H,12-19H2,1H3,(H,24,25);1H. The molecule has 3 rings (SSSR count). The van der Waals surface area contributed by atoms with Crippen LogP contribution in [0.1, 0.15) is 17.5 Å². The number of halogens is 1. The van der Waals surface area contributed by atoms with Crippen molar-refractivity contribution < 1.29 is 13.2 Å². The maximum atomic E-state index is 12.3. The van der Waals surface area contributed by atoms with E-state index >= 15 is 0 Å². The first-order valence-corrected chi connectivity index (χ1v) is 12.3. The first-order valence-electron chi connectivity index (χ1n) is 10.6. The van der Waals surface area contributed by atoms with Crippen LogP contribution in [0.25, 0.3) is 0 Å². The molecule has 9 heteroatoms. The first-order chi connectivity index (χ1) is 15.1. The average Bonchev–Trinajstić information content (AvgIpc) is 3.25. The zero-order valence-electron chi connectivity index (χ0n) is 18.4. The molecular weight excluding hydrogens is 539 g/mol. The normalized spacial score (nSPS) is 16.6. The van der Waals surface area contributed by atoms with E-state index in [4.69, 9.17) is 4.74 Å². The summed E-state index contributed by atoms with van der Waals surface area (Å²) in [6.07, 6.45) is 1.03. The molecule has 1 fully saturated rings. The fourth-order valence-electron chi connectivity index (χ4n) is 3.57. The number of nitrogens with zero attached hydrogens (tertiary/aromatic N) is 2. The molecule has 0 spiro atoms. The van der Waals surface area contributed by atoms with Gasteiger partial charge in [-0.3, -0.25) is 4.99 Å². The fraction of sp³-hybridized carbons (Fsp3) is 0.435. The van der Waals surface area contributed by atoms with E-state index in [1.165, 1.54) is 5.56 Å². The molecule has 176 valence electrons. The molecule has 0 aromatic heterocycles. The van der Waals surface area contributed by atoms with Crippen LogP contribution in [0.3, 0.4) is 0 Å². The van der Waals surface area contributed by atoms with Crippen molar-refractivity contribution in [3.63, 3.8) is 0 Å². The lowest BCUT2D eigenvalue weighted by Gasteiger charge is -2.21. The van der Waals surface area contributed by atoms with Crippen molar-refractivity contribution in [2.24, 2.45) is 10.9 Å². The van der Waals surface area contributed by atoms with Crippen molar-refractivity contribution in [2.45, 2.75) is 19.6 Å². The summed E-state index contributed by atoms with van der Waals surface area (Å²) in [5.74, 6) is 1.18. The van der Waals surface area contributed by atoms with E-state index in [1.54, 1.807) is 7.05 Å². The molecule has 2 aromatic carbocycles. The van der Waals surface area contributed by atoms with Crippen molar-refractivity contribution in [3.05, 3.63) is 71.8 Å². The minimum atomic E-state index is -3.36. The van der Waals surface area contributed by atoms with Gasteiger partial charge in [-0.15, -0.1) is 24.0 Å². The second-order valence-corrected chi connectivity index (χ2v) is 9.63. The quantitative estimate of drug-likeness (QED) is 0.260. The second-order valence-electron chi connectivity index (χ2n) is 7.70. The Hall–Kier alpha value is -1.69. The van der Waals surface area contributed by atoms with Gasteiger partial charge in [0.1, 0.15) is 0 Å². The summed E-state index contributed by atoms with van der Waals surface area (Å²) in [4.78, 5) is 6.49. The summed E-state index contributed by atoms with van der Waals surface area (Å²) in [5, 5.41) is 3.18. The zero-order valence-corrected chi connectivity index (χ0v) is 21.6. The molecule has 0 bridgehead atoms. The molecule has 2 N–H and O–H groups in total. The van der Waals surface area contributed by atoms with Gasteiger partial charge in [0, 0.05) is 39.1 Å². The smallest absolute Gasteiger partial charge is 0.213 e. The average molecular weight is 573 g/mol. The molecule has 1 atom stereocenters. The van der Waals surface area contributed by atoms with Gasteiger partial charge < -0.3 is 15.0 Å². The molecule has 7 nitrogen and oxygen atoms in total. The minimum absolute atomic E-state index is 0. The number of nitrogens with one attached hydrogen (secondary N) is 2. The molecule has 32 heavy (non-hydrogen) atoms. The Kier molecular flexibility index (Phi) is 11.4. The molecule has 0 saturated carbocycles. The third-order valence-corrected chi connectivity index (χ3v) is 6.58. The maximum absolute atomic E-state index is 12.3. The van der Waals surface area contributed by atoms with E-state index < -0.39 is 10.0 Å². The van der Waals surface area contributed by atoms with Crippen molar-refractivity contribution in [2.75, 3.05) is 39.0 Å².